The molecule has 0 aromatic heterocycles. The zero-order chi connectivity index (χ0) is 11.6. The molecular formula is C14H20FN. The third-order valence-corrected chi connectivity index (χ3v) is 3.65. The number of aryl methyl sites for hydroxylation is 1. The van der Waals surface area contributed by atoms with Crippen molar-refractivity contribution in [1.29, 1.82) is 0 Å². The van der Waals surface area contributed by atoms with E-state index >= 15 is 0 Å². The van der Waals surface area contributed by atoms with Crippen LogP contribution in [0.5, 0.6) is 0 Å². The number of benzene rings is 1. The van der Waals surface area contributed by atoms with Crippen LogP contribution in [-0.4, -0.2) is 0 Å². The lowest BCUT2D eigenvalue weighted by Gasteiger charge is -2.29. The molecule has 0 bridgehead atoms. The maximum atomic E-state index is 13.9. The average Bonchev–Trinajstić information content (AvgIpc) is 2.48. The Kier molecular flexibility index (Phi) is 3.29. The first kappa shape index (κ1) is 11.6. The van der Waals surface area contributed by atoms with Crippen LogP contribution in [-0.2, 0) is 5.54 Å². The van der Waals surface area contributed by atoms with Crippen LogP contribution in [0.15, 0.2) is 18.2 Å². The van der Waals surface area contributed by atoms with Gasteiger partial charge in [-0.15, -0.1) is 0 Å². The molecule has 1 nitrogen and oxygen atoms in total. The van der Waals surface area contributed by atoms with Crippen LogP contribution in [0, 0.1) is 12.7 Å². The lowest BCUT2D eigenvalue weighted by Crippen LogP contribution is -2.37. The van der Waals surface area contributed by atoms with Gasteiger partial charge in [0, 0.05) is 11.1 Å². The minimum atomic E-state index is -0.438. The SMILES string of the molecule is Cc1ccc(F)c(C2(N)CCCCCC2)c1. The van der Waals surface area contributed by atoms with Crippen LogP contribution in [0.25, 0.3) is 0 Å². The van der Waals surface area contributed by atoms with E-state index in [1.54, 1.807) is 12.1 Å². The first-order chi connectivity index (χ1) is 7.62. The molecule has 1 fully saturated rings. The molecule has 1 aliphatic carbocycles. The molecule has 1 aromatic carbocycles. The topological polar surface area (TPSA) is 26.0 Å². The lowest BCUT2D eigenvalue weighted by atomic mass is 9.83. The Morgan fingerprint density at radius 2 is 1.75 bits per heavy atom. The summed E-state index contributed by atoms with van der Waals surface area (Å²) in [7, 11) is 0. The number of hydrogen-bond acceptors (Lipinski definition) is 1. The van der Waals surface area contributed by atoms with E-state index in [1.165, 1.54) is 12.8 Å². The van der Waals surface area contributed by atoms with Crippen molar-refractivity contribution in [2.75, 3.05) is 0 Å². The van der Waals surface area contributed by atoms with Crippen molar-refractivity contribution in [3.63, 3.8) is 0 Å². The second-order valence-corrected chi connectivity index (χ2v) is 5.05. The summed E-state index contributed by atoms with van der Waals surface area (Å²) in [5, 5.41) is 0. The second kappa shape index (κ2) is 4.54. The van der Waals surface area contributed by atoms with Crippen molar-refractivity contribution in [2.24, 2.45) is 5.73 Å². The van der Waals surface area contributed by atoms with E-state index in [4.69, 9.17) is 5.73 Å². The quantitative estimate of drug-likeness (QED) is 0.720. The highest BCUT2D eigenvalue weighted by Gasteiger charge is 2.30. The summed E-state index contributed by atoms with van der Waals surface area (Å²) in [5.74, 6) is -0.144. The van der Waals surface area contributed by atoms with E-state index in [0.717, 1.165) is 36.8 Å². The standard InChI is InChI=1S/C14H20FN/c1-11-6-7-13(15)12(10-11)14(16)8-4-2-3-5-9-14/h6-7,10H,2-5,8-9,16H2,1H3. The maximum Gasteiger partial charge on any atom is 0.128 e. The van der Waals surface area contributed by atoms with Gasteiger partial charge in [-0.05, 0) is 25.8 Å². The number of hydrogen-bond donors (Lipinski definition) is 1. The molecule has 0 radical (unpaired) electrons. The van der Waals surface area contributed by atoms with Gasteiger partial charge in [0.25, 0.3) is 0 Å². The summed E-state index contributed by atoms with van der Waals surface area (Å²) in [4.78, 5) is 0. The number of rotatable bonds is 1. The summed E-state index contributed by atoms with van der Waals surface area (Å²) in [6, 6.07) is 5.27. The van der Waals surface area contributed by atoms with Crippen LogP contribution in [0.1, 0.15) is 49.7 Å². The van der Waals surface area contributed by atoms with E-state index in [-0.39, 0.29) is 5.82 Å². The second-order valence-electron chi connectivity index (χ2n) is 5.05. The average molecular weight is 221 g/mol. The van der Waals surface area contributed by atoms with Gasteiger partial charge >= 0.3 is 0 Å². The molecule has 0 atom stereocenters. The van der Waals surface area contributed by atoms with Crippen LogP contribution >= 0.6 is 0 Å². The smallest absolute Gasteiger partial charge is 0.128 e. The largest absolute Gasteiger partial charge is 0.321 e. The van der Waals surface area contributed by atoms with Gasteiger partial charge in [0.15, 0.2) is 0 Å². The molecule has 88 valence electrons. The molecule has 0 aliphatic heterocycles. The fourth-order valence-corrected chi connectivity index (χ4v) is 2.65. The van der Waals surface area contributed by atoms with Gasteiger partial charge in [-0.3, -0.25) is 0 Å². The molecule has 2 rings (SSSR count). The van der Waals surface area contributed by atoms with Crippen LogP contribution in [0.4, 0.5) is 4.39 Å². The predicted octanol–water partition coefficient (Wildman–Crippen LogP) is 3.64. The minimum absolute atomic E-state index is 0.144. The van der Waals surface area contributed by atoms with Crippen LogP contribution in [0.3, 0.4) is 0 Å². The molecule has 0 unspecified atom stereocenters. The third-order valence-electron chi connectivity index (χ3n) is 3.65. The van der Waals surface area contributed by atoms with Crippen LogP contribution < -0.4 is 5.73 Å². The predicted molar refractivity (Wildman–Crippen MR) is 64.7 cm³/mol. The number of nitrogens with two attached hydrogens (primary N) is 1. The monoisotopic (exact) mass is 221 g/mol. The molecule has 1 aromatic rings. The van der Waals surface area contributed by atoms with E-state index in [1.807, 2.05) is 13.0 Å². The van der Waals surface area contributed by atoms with Gasteiger partial charge < -0.3 is 5.73 Å². The Labute approximate surface area is 96.9 Å². The Bertz CT molecular complexity index is 365. The van der Waals surface area contributed by atoms with Gasteiger partial charge in [0.05, 0.1) is 0 Å². The van der Waals surface area contributed by atoms with Gasteiger partial charge in [0.2, 0.25) is 0 Å². The Balaban J connectivity index is 2.36. The highest BCUT2D eigenvalue weighted by atomic mass is 19.1. The molecule has 2 heteroatoms. The summed E-state index contributed by atoms with van der Waals surface area (Å²) in [6.45, 7) is 1.99. The Morgan fingerprint density at radius 3 is 2.38 bits per heavy atom. The van der Waals surface area contributed by atoms with Crippen molar-refractivity contribution in [3.05, 3.63) is 35.1 Å². The fraction of sp³-hybridized carbons (Fsp3) is 0.571. The van der Waals surface area contributed by atoms with Gasteiger partial charge in [-0.25, -0.2) is 4.39 Å². The zero-order valence-electron chi connectivity index (χ0n) is 9.93. The third kappa shape index (κ3) is 2.27. The highest BCUT2D eigenvalue weighted by molar-refractivity contribution is 5.30. The van der Waals surface area contributed by atoms with Crippen molar-refractivity contribution in [1.82, 2.24) is 0 Å². The van der Waals surface area contributed by atoms with Crippen molar-refractivity contribution in [2.45, 2.75) is 51.0 Å². The Hall–Kier alpha value is -0.890. The van der Waals surface area contributed by atoms with Gasteiger partial charge in [-0.2, -0.15) is 0 Å². The first-order valence-electron chi connectivity index (χ1n) is 6.17. The molecule has 0 heterocycles. The minimum Gasteiger partial charge on any atom is -0.321 e. The van der Waals surface area contributed by atoms with E-state index in [9.17, 15) is 4.39 Å². The molecule has 1 aliphatic rings. The van der Waals surface area contributed by atoms with Crippen molar-refractivity contribution >= 4 is 0 Å². The van der Waals surface area contributed by atoms with E-state index < -0.39 is 5.54 Å². The molecule has 0 saturated heterocycles. The summed E-state index contributed by atoms with van der Waals surface area (Å²) < 4.78 is 13.9. The van der Waals surface area contributed by atoms with Crippen molar-refractivity contribution < 1.29 is 4.39 Å². The highest BCUT2D eigenvalue weighted by Crippen LogP contribution is 2.35. The zero-order valence-corrected chi connectivity index (χ0v) is 9.93. The van der Waals surface area contributed by atoms with Crippen molar-refractivity contribution in [3.8, 4) is 0 Å². The van der Waals surface area contributed by atoms with Gasteiger partial charge in [-0.1, -0.05) is 43.4 Å². The Morgan fingerprint density at radius 1 is 1.12 bits per heavy atom. The van der Waals surface area contributed by atoms with Crippen LogP contribution in [0.2, 0.25) is 0 Å². The lowest BCUT2D eigenvalue weighted by molar-refractivity contribution is 0.368. The normalized spacial score (nSPS) is 20.4. The summed E-state index contributed by atoms with van der Waals surface area (Å²) >= 11 is 0. The van der Waals surface area contributed by atoms with E-state index in [0.29, 0.717) is 0 Å². The van der Waals surface area contributed by atoms with Gasteiger partial charge in [0.1, 0.15) is 5.82 Å². The molecule has 16 heavy (non-hydrogen) atoms. The molecular weight excluding hydrogens is 201 g/mol. The fourth-order valence-electron chi connectivity index (χ4n) is 2.65. The van der Waals surface area contributed by atoms with E-state index in [2.05, 4.69) is 0 Å². The summed E-state index contributed by atoms with van der Waals surface area (Å²) in [5.41, 5.74) is 7.78. The molecule has 0 amide bonds. The number of halogens is 1. The maximum absolute atomic E-state index is 13.9. The molecule has 2 N–H and O–H groups in total. The summed E-state index contributed by atoms with van der Waals surface area (Å²) in [6.07, 6.45) is 6.51. The molecule has 0 spiro atoms. The first-order valence-corrected chi connectivity index (χ1v) is 6.17. The molecule has 1 saturated carbocycles.